The van der Waals surface area contributed by atoms with E-state index < -0.39 is 107 Å². The molecular formula is C42H62O14. The number of allylic oxidation sites excluding steroid dienone is 5. The fourth-order valence-corrected chi connectivity index (χ4v) is 12.2. The molecule has 0 amide bonds. The Balaban J connectivity index is 1.18. The number of fused-ring (bicyclic) bond motifs is 7. The van der Waals surface area contributed by atoms with Crippen LogP contribution in [0.4, 0.5) is 0 Å². The topological polar surface area (TPSA) is 222 Å². The van der Waals surface area contributed by atoms with Crippen LogP contribution in [0.3, 0.4) is 0 Å². The first kappa shape index (κ1) is 42.1. The van der Waals surface area contributed by atoms with E-state index in [1.54, 1.807) is 19.9 Å². The second-order valence-corrected chi connectivity index (χ2v) is 19.4. The maximum atomic E-state index is 14.9. The van der Waals surface area contributed by atoms with E-state index in [4.69, 9.17) is 23.7 Å². The van der Waals surface area contributed by atoms with Crippen LogP contribution >= 0.6 is 0 Å². The lowest BCUT2D eigenvalue weighted by atomic mass is 9.39. The molecular weight excluding hydrogens is 728 g/mol. The largest absolute Gasteiger partial charge is 0.459 e. The van der Waals surface area contributed by atoms with E-state index >= 15 is 0 Å². The summed E-state index contributed by atoms with van der Waals surface area (Å²) in [6, 6.07) is 0. The van der Waals surface area contributed by atoms with Crippen LogP contribution in [-0.2, 0) is 33.3 Å². The number of ketones is 2. The van der Waals surface area contributed by atoms with Gasteiger partial charge in [0.15, 0.2) is 12.0 Å². The van der Waals surface area contributed by atoms with Crippen LogP contribution < -0.4 is 0 Å². The Kier molecular flexibility index (Phi) is 10.5. The van der Waals surface area contributed by atoms with Crippen molar-refractivity contribution < 1.29 is 69.0 Å². The molecule has 314 valence electrons. The SMILES string of the molecule is CC(C)=CC1CC(C)(O)C2C(CC3(C)C4CC=C5C(C=C(OC6OC(CO)C(OC7OC(C)C(O)C(O)C7O)C(O)C6O)C(=O)C5(C)C)C4(C)C(=O)CC23C)O1. The first-order valence-electron chi connectivity index (χ1n) is 20.1. The van der Waals surface area contributed by atoms with Gasteiger partial charge in [-0.25, -0.2) is 0 Å². The molecule has 0 aromatic carbocycles. The van der Waals surface area contributed by atoms with Gasteiger partial charge in [0.05, 0.1) is 35.9 Å². The zero-order chi connectivity index (χ0) is 41.2. The Labute approximate surface area is 328 Å². The summed E-state index contributed by atoms with van der Waals surface area (Å²) in [5.74, 6) is -1.54. The van der Waals surface area contributed by atoms with Gasteiger partial charge in [-0.3, -0.25) is 9.59 Å². The van der Waals surface area contributed by atoms with Crippen LogP contribution in [0, 0.1) is 39.4 Å². The molecule has 19 unspecified atom stereocenters. The van der Waals surface area contributed by atoms with Gasteiger partial charge in [-0.05, 0) is 77.2 Å². The molecule has 3 heterocycles. The zero-order valence-corrected chi connectivity index (χ0v) is 33.9. The van der Waals surface area contributed by atoms with Gasteiger partial charge in [-0.1, -0.05) is 44.1 Å². The standard InChI is InChI=1S/C42H62O14/c1-18(2)12-20-14-41(8,51)34-24(53-20)15-39(6)26-11-10-21-22(42(26,9)27(44)16-40(34,39)7)13-23(35(50)38(21,4)5)54-37-32(49)30(47)33(25(17-43)55-37)56-36-31(48)29(46)28(45)19(3)52-36/h10,12-13,19-20,22,24-26,28-34,36-37,43,45-49,51H,11,14-17H2,1-9H3. The van der Waals surface area contributed by atoms with Gasteiger partial charge in [-0.15, -0.1) is 0 Å². The van der Waals surface area contributed by atoms with E-state index in [0.29, 0.717) is 19.3 Å². The van der Waals surface area contributed by atoms with E-state index in [9.17, 15) is 45.3 Å². The van der Waals surface area contributed by atoms with Crippen LogP contribution in [0.1, 0.15) is 88.0 Å². The number of hydrogen-bond acceptors (Lipinski definition) is 14. The van der Waals surface area contributed by atoms with Gasteiger partial charge in [0.2, 0.25) is 12.1 Å². The first-order valence-corrected chi connectivity index (χ1v) is 20.1. The Morgan fingerprint density at radius 3 is 2.18 bits per heavy atom. The fraction of sp³-hybridized carbons (Fsp3) is 0.810. The number of hydrogen-bond donors (Lipinski definition) is 7. The fourth-order valence-electron chi connectivity index (χ4n) is 12.2. The molecule has 4 aliphatic carbocycles. The number of rotatable bonds is 6. The second kappa shape index (κ2) is 14.0. The van der Waals surface area contributed by atoms with Crippen molar-refractivity contribution in [2.24, 2.45) is 39.4 Å². The number of ether oxygens (including phenoxy) is 5. The minimum atomic E-state index is -1.82. The summed E-state index contributed by atoms with van der Waals surface area (Å²) in [5.41, 5.74) is -2.26. The number of carbonyl (C=O) groups is 2. The predicted molar refractivity (Wildman–Crippen MR) is 198 cm³/mol. The van der Waals surface area contributed by atoms with Crippen LogP contribution in [0.2, 0.25) is 0 Å². The number of aliphatic hydroxyl groups excluding tert-OH is 6. The number of aliphatic hydroxyl groups is 7. The first-order chi connectivity index (χ1) is 25.9. The van der Waals surface area contributed by atoms with E-state index in [0.717, 1.165) is 11.1 Å². The van der Waals surface area contributed by atoms with Crippen molar-refractivity contribution in [2.45, 2.75) is 167 Å². The van der Waals surface area contributed by atoms with E-state index in [1.165, 1.54) is 6.92 Å². The minimum absolute atomic E-state index is 0.0329. The average Bonchev–Trinajstić information content (AvgIpc) is 3.34. The molecule has 7 aliphatic rings. The van der Waals surface area contributed by atoms with E-state index in [2.05, 4.69) is 26.0 Å². The maximum absolute atomic E-state index is 14.9. The van der Waals surface area contributed by atoms with Gasteiger partial charge < -0.3 is 59.4 Å². The summed E-state index contributed by atoms with van der Waals surface area (Å²) in [4.78, 5) is 29.2. The van der Waals surface area contributed by atoms with Crippen molar-refractivity contribution in [3.8, 4) is 0 Å². The Bertz CT molecular complexity index is 1680. The van der Waals surface area contributed by atoms with Gasteiger partial charge in [0.1, 0.15) is 48.5 Å². The van der Waals surface area contributed by atoms with Crippen molar-refractivity contribution in [2.75, 3.05) is 6.61 Å². The van der Waals surface area contributed by atoms with Gasteiger partial charge >= 0.3 is 0 Å². The lowest BCUT2D eigenvalue weighted by molar-refractivity contribution is -0.353. The van der Waals surface area contributed by atoms with Gasteiger partial charge in [-0.2, -0.15) is 0 Å². The Hall–Kier alpha value is -2.08. The molecule has 7 N–H and O–H groups in total. The van der Waals surface area contributed by atoms with E-state index in [1.807, 2.05) is 27.7 Å². The van der Waals surface area contributed by atoms with Crippen molar-refractivity contribution in [1.82, 2.24) is 0 Å². The van der Waals surface area contributed by atoms with Crippen LogP contribution in [0.25, 0.3) is 0 Å². The number of Topliss-reactive ketones (excluding diaryl/α,β-unsaturated/α-hetero) is 2. The summed E-state index contributed by atoms with van der Waals surface area (Å²) in [6.07, 6.45) is -8.13. The molecule has 0 aromatic heterocycles. The summed E-state index contributed by atoms with van der Waals surface area (Å²) in [7, 11) is 0. The average molecular weight is 791 g/mol. The molecule has 0 bridgehead atoms. The predicted octanol–water partition coefficient (Wildman–Crippen LogP) is 1.60. The highest BCUT2D eigenvalue weighted by atomic mass is 16.7. The maximum Gasteiger partial charge on any atom is 0.229 e. The van der Waals surface area contributed by atoms with Crippen LogP contribution in [0.15, 0.2) is 35.1 Å². The van der Waals surface area contributed by atoms with Crippen molar-refractivity contribution >= 4 is 11.6 Å². The summed E-state index contributed by atoms with van der Waals surface area (Å²) in [5, 5.41) is 75.8. The molecule has 19 atom stereocenters. The van der Waals surface area contributed by atoms with Crippen molar-refractivity contribution in [3.05, 3.63) is 35.1 Å². The van der Waals surface area contributed by atoms with Crippen molar-refractivity contribution in [3.63, 3.8) is 0 Å². The van der Waals surface area contributed by atoms with Gasteiger partial charge in [0.25, 0.3) is 0 Å². The minimum Gasteiger partial charge on any atom is -0.459 e. The highest BCUT2D eigenvalue weighted by Crippen LogP contribution is 2.75. The molecule has 0 spiro atoms. The smallest absolute Gasteiger partial charge is 0.229 e. The molecule has 14 nitrogen and oxygen atoms in total. The summed E-state index contributed by atoms with van der Waals surface area (Å²) in [6.45, 7) is 16.5. The molecule has 3 saturated heterocycles. The third-order valence-corrected chi connectivity index (χ3v) is 15.3. The lowest BCUT2D eigenvalue weighted by Crippen LogP contribution is -2.65. The monoisotopic (exact) mass is 790 g/mol. The van der Waals surface area contributed by atoms with Crippen molar-refractivity contribution in [1.29, 1.82) is 0 Å². The van der Waals surface area contributed by atoms with Gasteiger partial charge in [0, 0.05) is 30.1 Å². The second-order valence-electron chi connectivity index (χ2n) is 19.4. The Morgan fingerprint density at radius 1 is 0.875 bits per heavy atom. The number of carbonyl (C=O) groups excluding carboxylic acids is 2. The van der Waals surface area contributed by atoms with E-state index in [-0.39, 0.29) is 42.0 Å². The normalized spacial score (nSPS) is 52.5. The third kappa shape index (κ3) is 6.07. The molecule has 5 fully saturated rings. The third-order valence-electron chi connectivity index (χ3n) is 15.3. The Morgan fingerprint density at radius 2 is 1.54 bits per heavy atom. The quantitative estimate of drug-likeness (QED) is 0.190. The summed E-state index contributed by atoms with van der Waals surface area (Å²) < 4.78 is 30.0. The zero-order valence-electron chi connectivity index (χ0n) is 33.9. The van der Waals surface area contributed by atoms with Crippen LogP contribution in [0.5, 0.6) is 0 Å². The molecule has 14 heteroatoms. The summed E-state index contributed by atoms with van der Waals surface area (Å²) >= 11 is 0. The molecule has 7 rings (SSSR count). The molecule has 0 radical (unpaired) electrons. The highest BCUT2D eigenvalue weighted by Gasteiger charge is 2.75. The molecule has 0 aromatic rings. The lowest BCUT2D eigenvalue weighted by Gasteiger charge is -2.64. The molecule has 56 heavy (non-hydrogen) atoms. The highest BCUT2D eigenvalue weighted by molar-refractivity contribution is 6.02. The molecule has 3 aliphatic heterocycles. The van der Waals surface area contributed by atoms with Crippen LogP contribution in [-0.4, -0.2) is 133 Å². The molecule has 2 saturated carbocycles.